The lowest BCUT2D eigenvalue weighted by atomic mass is 10.0. The molecule has 0 aliphatic rings. The van der Waals surface area contributed by atoms with Gasteiger partial charge in [-0.1, -0.05) is 54.6 Å². The lowest BCUT2D eigenvalue weighted by Gasteiger charge is -2.06. The Hall–Kier alpha value is -4.02. The number of thiophene rings is 1. The number of fused-ring (bicyclic) bond motifs is 7. The van der Waals surface area contributed by atoms with Crippen molar-refractivity contribution < 1.29 is 0 Å². The van der Waals surface area contributed by atoms with Crippen molar-refractivity contribution >= 4 is 53.3 Å². The quantitative estimate of drug-likeness (QED) is 0.284. The molecule has 0 saturated heterocycles. The fourth-order valence-corrected chi connectivity index (χ4v) is 5.87. The maximum atomic E-state index is 4.59. The van der Waals surface area contributed by atoms with Crippen LogP contribution in [-0.4, -0.2) is 14.5 Å². The van der Waals surface area contributed by atoms with E-state index in [1.165, 1.54) is 42.1 Å². The van der Waals surface area contributed by atoms with Gasteiger partial charge in [-0.05, 0) is 47.5 Å². The summed E-state index contributed by atoms with van der Waals surface area (Å²) < 4.78 is 4.80. The van der Waals surface area contributed by atoms with E-state index in [1.54, 1.807) is 12.4 Å². The van der Waals surface area contributed by atoms with E-state index in [0.29, 0.717) is 5.95 Å². The Bertz CT molecular complexity index is 1760. The van der Waals surface area contributed by atoms with Gasteiger partial charge in [0, 0.05) is 43.3 Å². The van der Waals surface area contributed by atoms with E-state index in [4.69, 9.17) is 0 Å². The molecule has 0 atom stereocenters. The second-order valence-corrected chi connectivity index (χ2v) is 9.00. The number of nitrogens with zero attached hydrogens (tertiary/aromatic N) is 3. The zero-order valence-electron chi connectivity index (χ0n) is 17.1. The minimum Gasteiger partial charge on any atom is -0.278 e. The third-order valence-corrected chi connectivity index (χ3v) is 7.26. The number of rotatable bonds is 2. The summed E-state index contributed by atoms with van der Waals surface area (Å²) in [7, 11) is 0. The molecule has 0 N–H and O–H groups in total. The third kappa shape index (κ3) is 2.47. The van der Waals surface area contributed by atoms with Crippen molar-refractivity contribution in [1.29, 1.82) is 0 Å². The van der Waals surface area contributed by atoms with Crippen molar-refractivity contribution in [2.24, 2.45) is 0 Å². The van der Waals surface area contributed by atoms with Gasteiger partial charge in [0.25, 0.3) is 0 Å². The van der Waals surface area contributed by atoms with E-state index in [2.05, 4.69) is 99.5 Å². The van der Waals surface area contributed by atoms with Crippen LogP contribution < -0.4 is 0 Å². The molecule has 0 radical (unpaired) electrons. The highest BCUT2D eigenvalue weighted by Crippen LogP contribution is 2.43. The van der Waals surface area contributed by atoms with Gasteiger partial charge in [-0.15, -0.1) is 11.3 Å². The highest BCUT2D eigenvalue weighted by Gasteiger charge is 2.19. The van der Waals surface area contributed by atoms with Crippen LogP contribution in [0, 0.1) is 0 Å². The summed E-state index contributed by atoms with van der Waals surface area (Å²) >= 11 is 1.85. The van der Waals surface area contributed by atoms with Crippen LogP contribution in [0.1, 0.15) is 0 Å². The fraction of sp³-hybridized carbons (Fsp3) is 0. The van der Waals surface area contributed by atoms with Crippen LogP contribution in [0.3, 0.4) is 0 Å². The molecule has 3 heterocycles. The lowest BCUT2D eigenvalue weighted by Crippen LogP contribution is -1.99. The molecule has 0 bridgehead atoms. The molecule has 3 nitrogen and oxygen atoms in total. The Morgan fingerprint density at radius 2 is 1.34 bits per heavy atom. The molecule has 0 amide bonds. The highest BCUT2D eigenvalue weighted by atomic mass is 32.1. The van der Waals surface area contributed by atoms with Crippen molar-refractivity contribution in [3.05, 3.63) is 103 Å². The van der Waals surface area contributed by atoms with E-state index >= 15 is 0 Å². The lowest BCUT2D eigenvalue weighted by molar-refractivity contribution is 0.989. The predicted octanol–water partition coefficient (Wildman–Crippen LogP) is 7.61. The van der Waals surface area contributed by atoms with Gasteiger partial charge in [0.1, 0.15) is 0 Å². The van der Waals surface area contributed by atoms with Gasteiger partial charge < -0.3 is 0 Å². The van der Waals surface area contributed by atoms with Gasteiger partial charge in [0.15, 0.2) is 0 Å². The standard InChI is InChI=1S/C28H17N3S/c1-2-7-18(8-3-1)19-11-12-22-21(17-19)26-23(31(22)28-29-15-6-16-30-28)13-14-25-27(26)20-9-4-5-10-24(20)32-25/h1-17H. The molecule has 3 aromatic heterocycles. The summed E-state index contributed by atoms with van der Waals surface area (Å²) in [4.78, 5) is 9.17. The van der Waals surface area contributed by atoms with Gasteiger partial charge in [0.05, 0.1) is 11.0 Å². The molecule has 0 spiro atoms. The van der Waals surface area contributed by atoms with Crippen LogP contribution in [0.25, 0.3) is 59.1 Å². The minimum absolute atomic E-state index is 0.693. The first kappa shape index (κ1) is 17.6. The second-order valence-electron chi connectivity index (χ2n) is 7.91. The Kier molecular flexibility index (Phi) is 3.72. The van der Waals surface area contributed by atoms with E-state index in [0.717, 1.165) is 11.0 Å². The molecule has 0 saturated carbocycles. The summed E-state index contributed by atoms with van der Waals surface area (Å²) in [6.45, 7) is 0. The summed E-state index contributed by atoms with van der Waals surface area (Å²) in [6, 6.07) is 32.3. The molecule has 4 heteroatoms. The zero-order chi connectivity index (χ0) is 21.1. The molecule has 0 unspecified atom stereocenters. The van der Waals surface area contributed by atoms with Gasteiger partial charge in [-0.25, -0.2) is 9.97 Å². The molecule has 0 aliphatic heterocycles. The maximum Gasteiger partial charge on any atom is 0.234 e. The number of hydrogen-bond acceptors (Lipinski definition) is 3. The summed E-state index contributed by atoms with van der Waals surface area (Å²) in [5.74, 6) is 0.693. The molecular weight excluding hydrogens is 410 g/mol. The smallest absolute Gasteiger partial charge is 0.234 e. The van der Waals surface area contributed by atoms with Crippen LogP contribution >= 0.6 is 11.3 Å². The zero-order valence-corrected chi connectivity index (χ0v) is 17.9. The van der Waals surface area contributed by atoms with Crippen LogP contribution in [0.15, 0.2) is 103 Å². The van der Waals surface area contributed by atoms with Gasteiger partial charge in [-0.2, -0.15) is 0 Å². The molecule has 0 aliphatic carbocycles. The predicted molar refractivity (Wildman–Crippen MR) is 135 cm³/mol. The highest BCUT2D eigenvalue weighted by molar-refractivity contribution is 7.26. The normalized spacial score (nSPS) is 11.8. The van der Waals surface area contributed by atoms with Crippen molar-refractivity contribution in [3.63, 3.8) is 0 Å². The number of hydrogen-bond donors (Lipinski definition) is 0. The summed E-state index contributed by atoms with van der Waals surface area (Å²) in [5.41, 5.74) is 4.68. The average Bonchev–Trinajstić information content (AvgIpc) is 3.40. The second kappa shape index (κ2) is 6.74. The van der Waals surface area contributed by atoms with E-state index in [1.807, 2.05) is 17.4 Å². The van der Waals surface area contributed by atoms with Gasteiger partial charge >= 0.3 is 0 Å². The largest absolute Gasteiger partial charge is 0.278 e. The van der Waals surface area contributed by atoms with E-state index in [9.17, 15) is 0 Å². The number of benzene rings is 4. The van der Waals surface area contributed by atoms with E-state index in [-0.39, 0.29) is 0 Å². The van der Waals surface area contributed by atoms with Gasteiger partial charge in [-0.3, -0.25) is 4.57 Å². The minimum atomic E-state index is 0.693. The molecule has 7 aromatic rings. The summed E-state index contributed by atoms with van der Waals surface area (Å²) in [5, 5.41) is 5.10. The third-order valence-electron chi connectivity index (χ3n) is 6.13. The van der Waals surface area contributed by atoms with Crippen molar-refractivity contribution in [2.45, 2.75) is 0 Å². The number of aromatic nitrogens is 3. The van der Waals surface area contributed by atoms with Crippen molar-refractivity contribution in [3.8, 4) is 17.1 Å². The fourth-order valence-electron chi connectivity index (χ4n) is 4.76. The Balaban J connectivity index is 1.70. The topological polar surface area (TPSA) is 30.7 Å². The average molecular weight is 428 g/mol. The molecule has 0 fully saturated rings. The summed E-state index contributed by atoms with van der Waals surface area (Å²) in [6.07, 6.45) is 3.60. The van der Waals surface area contributed by atoms with E-state index < -0.39 is 0 Å². The Morgan fingerprint density at radius 1 is 0.562 bits per heavy atom. The molecule has 32 heavy (non-hydrogen) atoms. The molecular formula is C28H17N3S. The molecule has 150 valence electrons. The Morgan fingerprint density at radius 3 is 2.22 bits per heavy atom. The van der Waals surface area contributed by atoms with Crippen molar-refractivity contribution in [2.75, 3.05) is 0 Å². The van der Waals surface area contributed by atoms with Crippen LogP contribution in [0.2, 0.25) is 0 Å². The van der Waals surface area contributed by atoms with Crippen LogP contribution in [0.4, 0.5) is 0 Å². The van der Waals surface area contributed by atoms with Crippen LogP contribution in [0.5, 0.6) is 0 Å². The SMILES string of the molecule is c1ccc(-c2ccc3c(c2)c2c4c(ccc2n3-c2ncccn2)sc2ccccc24)cc1. The molecule has 7 rings (SSSR count). The first-order valence-corrected chi connectivity index (χ1v) is 11.4. The van der Waals surface area contributed by atoms with Crippen molar-refractivity contribution in [1.82, 2.24) is 14.5 Å². The first-order valence-electron chi connectivity index (χ1n) is 10.6. The van der Waals surface area contributed by atoms with Gasteiger partial charge in [0.2, 0.25) is 5.95 Å². The Labute approximate surface area is 188 Å². The monoisotopic (exact) mass is 427 g/mol. The maximum absolute atomic E-state index is 4.59. The van der Waals surface area contributed by atoms with Crippen LogP contribution in [-0.2, 0) is 0 Å². The first-order chi connectivity index (χ1) is 15.9. The molecule has 4 aromatic carbocycles.